The summed E-state index contributed by atoms with van der Waals surface area (Å²) in [5, 5.41) is 3.52. The minimum Gasteiger partial charge on any atom is -0.315 e. The van der Waals surface area contributed by atoms with E-state index in [4.69, 9.17) is 0 Å². The maximum Gasteiger partial charge on any atom is 0.0604 e. The van der Waals surface area contributed by atoms with Crippen LogP contribution in [0, 0.1) is 13.8 Å². The van der Waals surface area contributed by atoms with E-state index in [-0.39, 0.29) is 0 Å². The largest absolute Gasteiger partial charge is 0.315 e. The van der Waals surface area contributed by atoms with Gasteiger partial charge in [-0.25, -0.2) is 0 Å². The van der Waals surface area contributed by atoms with Crippen LogP contribution in [0.3, 0.4) is 0 Å². The number of hydrogen-bond donors (Lipinski definition) is 1. The van der Waals surface area contributed by atoms with Crippen LogP contribution >= 0.6 is 15.9 Å². The molecule has 3 heteroatoms. The number of halogens is 1. The molecule has 1 unspecified atom stereocenters. The Morgan fingerprint density at radius 3 is 2.52 bits per heavy atom. The molecule has 0 bridgehead atoms. The van der Waals surface area contributed by atoms with E-state index in [1.807, 2.05) is 0 Å². The first-order chi connectivity index (χ1) is 11.1. The summed E-state index contributed by atoms with van der Waals surface area (Å²) in [5.41, 5.74) is 5.52. The fraction of sp³-hybridized carbons (Fsp3) is 0.400. The van der Waals surface area contributed by atoms with Crippen molar-refractivity contribution in [3.63, 3.8) is 0 Å². The lowest BCUT2D eigenvalue weighted by Gasteiger charge is -2.32. The van der Waals surface area contributed by atoms with E-state index in [0.717, 1.165) is 30.7 Å². The summed E-state index contributed by atoms with van der Waals surface area (Å²) in [4.78, 5) is 2.63. The third-order valence-corrected chi connectivity index (χ3v) is 5.17. The molecule has 0 radical (unpaired) electrons. The summed E-state index contributed by atoms with van der Waals surface area (Å²) >= 11 is 3.56. The minimum atomic E-state index is 0.337. The van der Waals surface area contributed by atoms with Crippen LogP contribution in [0.5, 0.6) is 0 Å². The molecule has 2 aromatic carbocycles. The van der Waals surface area contributed by atoms with Crippen LogP contribution in [0.2, 0.25) is 0 Å². The van der Waals surface area contributed by atoms with Gasteiger partial charge >= 0.3 is 0 Å². The number of benzene rings is 2. The molecule has 1 aliphatic heterocycles. The fourth-order valence-electron chi connectivity index (χ4n) is 3.49. The van der Waals surface area contributed by atoms with Crippen molar-refractivity contribution in [1.82, 2.24) is 10.2 Å². The Balaban J connectivity index is 2.03. The van der Waals surface area contributed by atoms with Gasteiger partial charge in [0.15, 0.2) is 0 Å². The molecule has 0 saturated carbocycles. The van der Waals surface area contributed by atoms with Crippen molar-refractivity contribution in [3.8, 4) is 0 Å². The zero-order valence-electron chi connectivity index (χ0n) is 14.0. The first-order valence-electron chi connectivity index (χ1n) is 8.42. The average molecular weight is 373 g/mol. The Morgan fingerprint density at radius 2 is 1.78 bits per heavy atom. The van der Waals surface area contributed by atoms with Crippen molar-refractivity contribution in [2.45, 2.75) is 26.3 Å². The van der Waals surface area contributed by atoms with Gasteiger partial charge in [-0.05, 0) is 55.6 Å². The lowest BCUT2D eigenvalue weighted by molar-refractivity contribution is 0.240. The molecule has 1 fully saturated rings. The van der Waals surface area contributed by atoms with Crippen molar-refractivity contribution in [3.05, 3.63) is 69.2 Å². The van der Waals surface area contributed by atoms with Crippen LogP contribution in [0.15, 0.2) is 46.9 Å². The maximum absolute atomic E-state index is 3.56. The van der Waals surface area contributed by atoms with E-state index in [1.165, 1.54) is 28.7 Å². The molecule has 3 rings (SSSR count). The van der Waals surface area contributed by atoms with Gasteiger partial charge in [-0.1, -0.05) is 51.8 Å². The zero-order chi connectivity index (χ0) is 16.2. The summed E-state index contributed by atoms with van der Waals surface area (Å²) in [7, 11) is 0. The van der Waals surface area contributed by atoms with Crippen molar-refractivity contribution < 1.29 is 0 Å². The highest BCUT2D eigenvalue weighted by molar-refractivity contribution is 9.10. The second-order valence-corrected chi connectivity index (χ2v) is 7.37. The summed E-state index contributed by atoms with van der Waals surface area (Å²) < 4.78 is 1.14. The molecule has 1 N–H and O–H groups in total. The first-order valence-corrected chi connectivity index (χ1v) is 9.22. The molecule has 23 heavy (non-hydrogen) atoms. The van der Waals surface area contributed by atoms with Gasteiger partial charge in [-0.15, -0.1) is 0 Å². The van der Waals surface area contributed by atoms with Gasteiger partial charge in [-0.3, -0.25) is 4.90 Å². The van der Waals surface area contributed by atoms with Crippen LogP contribution < -0.4 is 5.32 Å². The molecular formula is C20H25BrN2. The number of rotatable bonds is 3. The van der Waals surface area contributed by atoms with Gasteiger partial charge in [0.25, 0.3) is 0 Å². The third kappa shape index (κ3) is 4.03. The Labute approximate surface area is 148 Å². The predicted octanol–water partition coefficient (Wildman–Crippen LogP) is 4.45. The summed E-state index contributed by atoms with van der Waals surface area (Å²) in [6.45, 7) is 8.83. The summed E-state index contributed by atoms with van der Waals surface area (Å²) in [6, 6.07) is 16.0. The minimum absolute atomic E-state index is 0.337. The molecule has 1 aliphatic rings. The second kappa shape index (κ2) is 7.61. The van der Waals surface area contributed by atoms with E-state index in [1.54, 1.807) is 0 Å². The number of nitrogens with zero attached hydrogens (tertiary/aromatic N) is 1. The van der Waals surface area contributed by atoms with Crippen molar-refractivity contribution in [2.24, 2.45) is 0 Å². The highest BCUT2D eigenvalue weighted by atomic mass is 79.9. The van der Waals surface area contributed by atoms with Crippen LogP contribution in [-0.2, 0) is 0 Å². The van der Waals surface area contributed by atoms with Crippen LogP contribution in [-0.4, -0.2) is 31.1 Å². The fourth-order valence-corrected chi connectivity index (χ4v) is 3.75. The van der Waals surface area contributed by atoms with Gasteiger partial charge in [-0.2, -0.15) is 0 Å². The first kappa shape index (κ1) is 16.7. The normalized spacial score (nSPS) is 17.7. The molecule has 0 aliphatic carbocycles. The Morgan fingerprint density at radius 1 is 1.00 bits per heavy atom. The summed E-state index contributed by atoms with van der Waals surface area (Å²) in [6.07, 6.45) is 1.21. The highest BCUT2D eigenvalue weighted by Gasteiger charge is 2.24. The van der Waals surface area contributed by atoms with Gasteiger partial charge in [0.1, 0.15) is 0 Å². The van der Waals surface area contributed by atoms with E-state index in [0.29, 0.717) is 6.04 Å². The van der Waals surface area contributed by atoms with Gasteiger partial charge < -0.3 is 5.32 Å². The van der Waals surface area contributed by atoms with Crippen molar-refractivity contribution in [1.29, 1.82) is 0 Å². The monoisotopic (exact) mass is 372 g/mol. The van der Waals surface area contributed by atoms with Gasteiger partial charge in [0.2, 0.25) is 0 Å². The quantitative estimate of drug-likeness (QED) is 0.855. The molecule has 0 amide bonds. The van der Waals surface area contributed by atoms with Crippen LogP contribution in [0.4, 0.5) is 0 Å². The standard InChI is InChI=1S/C20H25BrN2/c1-15-4-9-19(16(2)14-15)20(17-5-7-18(21)8-6-17)23-12-3-10-22-11-13-23/h4-9,14,20,22H,3,10-13H2,1-2H3. The van der Waals surface area contributed by atoms with E-state index >= 15 is 0 Å². The third-order valence-electron chi connectivity index (χ3n) is 4.65. The van der Waals surface area contributed by atoms with Gasteiger partial charge in [0, 0.05) is 24.1 Å². The van der Waals surface area contributed by atoms with Crippen LogP contribution in [0.25, 0.3) is 0 Å². The number of aryl methyl sites for hydroxylation is 2. The molecule has 1 heterocycles. The number of hydrogen-bond acceptors (Lipinski definition) is 2. The van der Waals surface area contributed by atoms with Crippen molar-refractivity contribution in [2.75, 3.05) is 26.2 Å². The molecule has 122 valence electrons. The molecular weight excluding hydrogens is 348 g/mol. The lowest BCUT2D eigenvalue weighted by atomic mass is 9.92. The Bertz CT molecular complexity index is 643. The highest BCUT2D eigenvalue weighted by Crippen LogP contribution is 2.32. The lowest BCUT2D eigenvalue weighted by Crippen LogP contribution is -2.33. The molecule has 1 atom stereocenters. The second-order valence-electron chi connectivity index (χ2n) is 6.45. The molecule has 0 aromatic heterocycles. The van der Waals surface area contributed by atoms with Gasteiger partial charge in [0.05, 0.1) is 6.04 Å². The molecule has 2 aromatic rings. The zero-order valence-corrected chi connectivity index (χ0v) is 15.6. The van der Waals surface area contributed by atoms with E-state index < -0.39 is 0 Å². The Kier molecular flexibility index (Phi) is 5.52. The van der Waals surface area contributed by atoms with E-state index in [9.17, 15) is 0 Å². The van der Waals surface area contributed by atoms with E-state index in [2.05, 4.69) is 82.5 Å². The smallest absolute Gasteiger partial charge is 0.0604 e. The van der Waals surface area contributed by atoms with Crippen molar-refractivity contribution >= 4 is 15.9 Å². The average Bonchev–Trinajstić information content (AvgIpc) is 2.81. The molecule has 1 saturated heterocycles. The molecule has 0 spiro atoms. The molecule has 2 nitrogen and oxygen atoms in total. The SMILES string of the molecule is Cc1ccc(C(c2ccc(Br)cc2)N2CCCNCC2)c(C)c1. The topological polar surface area (TPSA) is 15.3 Å². The summed E-state index contributed by atoms with van der Waals surface area (Å²) in [5.74, 6) is 0. The van der Waals surface area contributed by atoms with Crippen LogP contribution in [0.1, 0.15) is 34.7 Å². The number of nitrogens with one attached hydrogen (secondary N) is 1. The predicted molar refractivity (Wildman–Crippen MR) is 101 cm³/mol. The Hall–Kier alpha value is -1.16. The maximum atomic E-state index is 3.56.